The summed E-state index contributed by atoms with van der Waals surface area (Å²) in [5.41, 5.74) is 2.10. The highest BCUT2D eigenvalue weighted by atomic mass is 127. The Kier molecular flexibility index (Phi) is 12.9. The molecule has 0 unspecified atom stereocenters. The fraction of sp³-hybridized carbons (Fsp3) is 0.333. The molecule has 2 atom stereocenters. The van der Waals surface area contributed by atoms with Crippen LogP contribution in [0.1, 0.15) is 64.1 Å². The number of hydrogen-bond donors (Lipinski definition) is 3. The predicted octanol–water partition coefficient (Wildman–Crippen LogP) is 5.30. The van der Waals surface area contributed by atoms with E-state index in [0.717, 1.165) is 28.0 Å². The van der Waals surface area contributed by atoms with Crippen LogP contribution in [0.3, 0.4) is 0 Å². The number of halogens is 3. The molecule has 0 fully saturated rings. The second-order valence-electron chi connectivity index (χ2n) is 10.1. The summed E-state index contributed by atoms with van der Waals surface area (Å²) in [6.45, 7) is 5.69. The van der Waals surface area contributed by atoms with Crippen LogP contribution in [0.2, 0.25) is 0 Å². The van der Waals surface area contributed by atoms with Gasteiger partial charge in [0, 0.05) is 52.5 Å². The molecular weight excluding hydrogens is 651 g/mol. The minimum absolute atomic E-state index is 0.0338. The van der Waals surface area contributed by atoms with Crippen molar-refractivity contribution >= 4 is 34.4 Å². The zero-order valence-corrected chi connectivity index (χ0v) is 26.0. The first-order valence-electron chi connectivity index (χ1n) is 13.9. The molecule has 42 heavy (non-hydrogen) atoms. The molecule has 3 N–H and O–H groups in total. The highest BCUT2D eigenvalue weighted by Crippen LogP contribution is 2.16. The van der Waals surface area contributed by atoms with Crippen molar-refractivity contribution in [1.82, 2.24) is 15.5 Å². The number of nitrogens with zero attached hydrogens (tertiary/aromatic N) is 1. The highest BCUT2D eigenvalue weighted by molar-refractivity contribution is 14.1. The van der Waals surface area contributed by atoms with Crippen molar-refractivity contribution < 1.29 is 23.5 Å². The van der Waals surface area contributed by atoms with Crippen LogP contribution in [-0.2, 0) is 13.0 Å². The number of amides is 2. The van der Waals surface area contributed by atoms with E-state index < -0.39 is 29.7 Å². The van der Waals surface area contributed by atoms with E-state index in [1.165, 1.54) is 24.3 Å². The van der Waals surface area contributed by atoms with E-state index in [9.17, 15) is 23.5 Å². The van der Waals surface area contributed by atoms with E-state index >= 15 is 0 Å². The lowest BCUT2D eigenvalue weighted by Gasteiger charge is -2.25. The minimum Gasteiger partial charge on any atom is -0.390 e. The Hall–Kier alpha value is -3.33. The molecule has 0 aromatic heterocycles. The summed E-state index contributed by atoms with van der Waals surface area (Å²) < 4.78 is 29.0. The fourth-order valence-corrected chi connectivity index (χ4v) is 5.28. The molecule has 2 amide bonds. The predicted molar refractivity (Wildman–Crippen MR) is 169 cm³/mol. The first-order valence-corrected chi connectivity index (χ1v) is 15.0. The maximum atomic E-state index is 14.0. The summed E-state index contributed by atoms with van der Waals surface area (Å²) in [5, 5.41) is 17.1. The van der Waals surface area contributed by atoms with Gasteiger partial charge in [0.05, 0.1) is 12.1 Å². The largest absolute Gasteiger partial charge is 0.390 e. The Morgan fingerprint density at radius 2 is 1.64 bits per heavy atom. The van der Waals surface area contributed by atoms with Crippen LogP contribution in [0.15, 0.2) is 60.7 Å². The molecule has 0 spiro atoms. The van der Waals surface area contributed by atoms with Crippen LogP contribution in [0.4, 0.5) is 8.78 Å². The standard InChI is InChI=1S/C33H36F2IN3O3/c1-4-10-39(11-5-2)33(42)26-13-22(6-3)12-25(18-26)32(41)38-30(17-24-14-27(34)19-28(35)15-24)31(40)21-37-20-23-8-7-9-29(36)16-23/h3,7-9,12-16,18-19,30-31,37,40H,4-5,10-11,17,20-21H2,1-2H3,(H,38,41)/t30-,31+/m0/s1. The lowest BCUT2D eigenvalue weighted by atomic mass is 9.99. The number of hydrogen-bond acceptors (Lipinski definition) is 4. The van der Waals surface area contributed by atoms with E-state index in [4.69, 9.17) is 6.42 Å². The summed E-state index contributed by atoms with van der Waals surface area (Å²) in [6, 6.07) is 14.6. The third-order valence-corrected chi connectivity index (χ3v) is 7.28. The maximum absolute atomic E-state index is 14.0. The van der Waals surface area contributed by atoms with Gasteiger partial charge in [-0.2, -0.15) is 0 Å². The highest BCUT2D eigenvalue weighted by Gasteiger charge is 2.24. The van der Waals surface area contributed by atoms with Crippen LogP contribution in [0.5, 0.6) is 0 Å². The first-order chi connectivity index (χ1) is 20.1. The quantitative estimate of drug-likeness (QED) is 0.159. The van der Waals surface area contributed by atoms with Crippen LogP contribution < -0.4 is 10.6 Å². The first kappa shape index (κ1) is 33.2. The Bertz CT molecular complexity index is 1400. The number of nitrogens with one attached hydrogen (secondary N) is 2. The fourth-order valence-electron chi connectivity index (χ4n) is 4.67. The van der Waals surface area contributed by atoms with Gasteiger partial charge in [-0.3, -0.25) is 9.59 Å². The number of aliphatic hydroxyl groups excluding tert-OH is 1. The number of carbonyl (C=O) groups excluding carboxylic acids is 2. The van der Waals surface area contributed by atoms with Crippen molar-refractivity contribution in [3.8, 4) is 12.3 Å². The number of benzene rings is 3. The van der Waals surface area contributed by atoms with E-state index in [-0.39, 0.29) is 30.0 Å². The number of terminal acetylenes is 1. The maximum Gasteiger partial charge on any atom is 0.253 e. The van der Waals surface area contributed by atoms with Crippen LogP contribution in [-0.4, -0.2) is 53.6 Å². The zero-order chi connectivity index (χ0) is 30.6. The van der Waals surface area contributed by atoms with Gasteiger partial charge in [-0.15, -0.1) is 6.42 Å². The molecular formula is C33H36F2IN3O3. The Balaban J connectivity index is 1.84. The van der Waals surface area contributed by atoms with Crippen molar-refractivity contribution in [2.45, 2.75) is 51.8 Å². The topological polar surface area (TPSA) is 81.7 Å². The Morgan fingerprint density at radius 3 is 2.26 bits per heavy atom. The van der Waals surface area contributed by atoms with Crippen molar-refractivity contribution in [3.05, 3.63) is 104 Å². The van der Waals surface area contributed by atoms with Gasteiger partial charge < -0.3 is 20.6 Å². The SMILES string of the molecule is C#Cc1cc(C(=O)N[C@@H](Cc2cc(F)cc(F)c2)[C@H](O)CNCc2cccc(I)c2)cc(C(=O)N(CCC)CCC)c1. The van der Waals surface area contributed by atoms with Crippen molar-refractivity contribution in [2.24, 2.45) is 0 Å². The van der Waals surface area contributed by atoms with Crippen molar-refractivity contribution in [1.29, 1.82) is 0 Å². The summed E-state index contributed by atoms with van der Waals surface area (Å²) in [5.74, 6) is 0.195. The smallest absolute Gasteiger partial charge is 0.253 e. The van der Waals surface area contributed by atoms with Gasteiger partial charge in [0.25, 0.3) is 11.8 Å². The number of aliphatic hydroxyl groups is 1. The van der Waals surface area contributed by atoms with Gasteiger partial charge in [0.1, 0.15) is 11.6 Å². The van der Waals surface area contributed by atoms with Gasteiger partial charge in [0.2, 0.25) is 0 Å². The van der Waals surface area contributed by atoms with Gasteiger partial charge in [-0.05, 0) is 95.4 Å². The lowest BCUT2D eigenvalue weighted by Crippen LogP contribution is -2.48. The second-order valence-corrected chi connectivity index (χ2v) is 11.4. The van der Waals surface area contributed by atoms with Crippen LogP contribution in [0, 0.1) is 27.5 Å². The Morgan fingerprint density at radius 1 is 0.976 bits per heavy atom. The zero-order valence-electron chi connectivity index (χ0n) is 23.8. The number of carbonyl (C=O) groups is 2. The molecule has 0 aliphatic heterocycles. The molecule has 3 rings (SSSR count). The molecule has 9 heteroatoms. The molecule has 222 valence electrons. The Labute approximate surface area is 260 Å². The van der Waals surface area contributed by atoms with Crippen molar-refractivity contribution in [2.75, 3.05) is 19.6 Å². The third-order valence-electron chi connectivity index (χ3n) is 6.61. The van der Waals surface area contributed by atoms with Gasteiger partial charge in [-0.1, -0.05) is 31.9 Å². The molecule has 0 aliphatic carbocycles. The third kappa shape index (κ3) is 9.89. The molecule has 0 aliphatic rings. The number of rotatable bonds is 14. The van der Waals surface area contributed by atoms with Crippen molar-refractivity contribution in [3.63, 3.8) is 0 Å². The average molecular weight is 688 g/mol. The van der Waals surface area contributed by atoms with Gasteiger partial charge >= 0.3 is 0 Å². The summed E-state index contributed by atoms with van der Waals surface area (Å²) >= 11 is 2.22. The average Bonchev–Trinajstić information content (AvgIpc) is 2.95. The van der Waals surface area contributed by atoms with Gasteiger partial charge in [-0.25, -0.2) is 8.78 Å². The molecule has 3 aromatic carbocycles. The summed E-state index contributed by atoms with van der Waals surface area (Å²) in [7, 11) is 0. The van der Waals surface area contributed by atoms with Crippen LogP contribution in [0.25, 0.3) is 0 Å². The molecule has 3 aromatic rings. The summed E-state index contributed by atoms with van der Waals surface area (Å²) in [4.78, 5) is 28.5. The lowest BCUT2D eigenvalue weighted by molar-refractivity contribution is 0.0755. The normalized spacial score (nSPS) is 12.3. The van der Waals surface area contributed by atoms with Gasteiger partial charge in [0.15, 0.2) is 0 Å². The molecule has 0 heterocycles. The monoisotopic (exact) mass is 687 g/mol. The minimum atomic E-state index is -1.11. The van der Waals surface area contributed by atoms with E-state index in [2.05, 4.69) is 39.1 Å². The summed E-state index contributed by atoms with van der Waals surface area (Å²) in [6.07, 6.45) is 6.07. The van der Waals surface area contributed by atoms with Crippen LogP contribution >= 0.6 is 22.6 Å². The second kappa shape index (κ2) is 16.3. The van der Waals surface area contributed by atoms with E-state index in [1.54, 1.807) is 11.0 Å². The molecule has 0 radical (unpaired) electrons. The van der Waals surface area contributed by atoms with E-state index in [0.29, 0.717) is 30.8 Å². The molecule has 0 bridgehead atoms. The molecule has 0 saturated carbocycles. The molecule has 0 saturated heterocycles. The molecule has 6 nitrogen and oxygen atoms in total. The van der Waals surface area contributed by atoms with E-state index in [1.807, 2.05) is 38.1 Å².